The maximum atomic E-state index is 11.7. The quantitative estimate of drug-likeness (QED) is 0.312. The zero-order valence-corrected chi connectivity index (χ0v) is 25.2. The van der Waals surface area contributed by atoms with Crippen molar-refractivity contribution in [3.05, 3.63) is 0 Å². The Kier molecular flexibility index (Phi) is 7.03. The van der Waals surface area contributed by atoms with Gasteiger partial charge in [-0.25, -0.2) is 0 Å². The van der Waals surface area contributed by atoms with Gasteiger partial charge in [0, 0.05) is 18.8 Å². The van der Waals surface area contributed by atoms with E-state index in [1.54, 1.807) is 0 Å². The van der Waals surface area contributed by atoms with Crippen LogP contribution in [-0.2, 0) is 18.9 Å². The predicted octanol–water partition coefficient (Wildman–Crippen LogP) is 2.34. The van der Waals surface area contributed by atoms with Gasteiger partial charge in [0.1, 0.15) is 18.3 Å². The lowest BCUT2D eigenvalue weighted by molar-refractivity contribution is -0.297. The summed E-state index contributed by atoms with van der Waals surface area (Å²) >= 11 is 0. The van der Waals surface area contributed by atoms with Gasteiger partial charge in [-0.15, -0.1) is 0 Å². The Hall–Kier alpha value is -0.360. The van der Waals surface area contributed by atoms with Gasteiger partial charge in [-0.1, -0.05) is 20.8 Å². The Morgan fingerprint density at radius 1 is 0.854 bits per heavy atom. The van der Waals surface area contributed by atoms with Crippen LogP contribution in [0.3, 0.4) is 0 Å². The minimum atomic E-state index is -1.31. The standard InChI is InChI=1S/C32H52O9/c1-16-25-23(41-32(16)10-9-29(2,37)15-39-32)13-21-19-6-5-17-11-18(40-28-27(36)26(35)22(33)14-38-28)12-24(34)31(17,4)20(19)7-8-30(21,25)3/h16-28,33-37H,5-15H2,1-4H3. The van der Waals surface area contributed by atoms with E-state index in [1.165, 1.54) is 0 Å². The van der Waals surface area contributed by atoms with Crippen molar-refractivity contribution < 1.29 is 44.5 Å². The molecule has 17 atom stereocenters. The Bertz CT molecular complexity index is 996. The van der Waals surface area contributed by atoms with E-state index < -0.39 is 42.1 Å². The van der Waals surface area contributed by atoms with Gasteiger partial charge in [-0.3, -0.25) is 0 Å². The van der Waals surface area contributed by atoms with Crippen LogP contribution in [-0.4, -0.2) is 93.0 Å². The van der Waals surface area contributed by atoms with Crippen molar-refractivity contribution in [2.45, 2.75) is 140 Å². The molecule has 17 unspecified atom stereocenters. The molecule has 9 nitrogen and oxygen atoms in total. The van der Waals surface area contributed by atoms with E-state index in [0.29, 0.717) is 49.0 Å². The second-order valence-electron chi connectivity index (χ2n) is 15.9. The highest BCUT2D eigenvalue weighted by atomic mass is 16.7. The summed E-state index contributed by atoms with van der Waals surface area (Å²) in [6.45, 7) is 9.25. The third-order valence-electron chi connectivity index (χ3n) is 13.8. The zero-order chi connectivity index (χ0) is 29.1. The SMILES string of the molecule is CC1C2C(CC3C4CCC5CC(OC6OCC(O)C(O)C6O)CC(O)C5(C)C4CCC32C)OC12CCC(C)(O)CO2. The van der Waals surface area contributed by atoms with E-state index in [-0.39, 0.29) is 35.6 Å². The van der Waals surface area contributed by atoms with E-state index in [2.05, 4.69) is 20.8 Å². The summed E-state index contributed by atoms with van der Waals surface area (Å²) in [6, 6.07) is 0. The molecule has 3 aliphatic heterocycles. The van der Waals surface area contributed by atoms with Crippen LogP contribution in [0.4, 0.5) is 0 Å². The number of aliphatic hydroxyl groups is 5. The summed E-state index contributed by atoms with van der Waals surface area (Å²) in [5.41, 5.74) is -0.774. The van der Waals surface area contributed by atoms with Gasteiger partial charge >= 0.3 is 0 Å². The third-order valence-corrected chi connectivity index (χ3v) is 13.8. The highest BCUT2D eigenvalue weighted by Crippen LogP contribution is 2.71. The monoisotopic (exact) mass is 580 g/mol. The van der Waals surface area contributed by atoms with E-state index in [0.717, 1.165) is 44.9 Å². The number of hydrogen-bond acceptors (Lipinski definition) is 9. The molecule has 1 spiro atoms. The molecule has 9 heteroatoms. The van der Waals surface area contributed by atoms with Gasteiger partial charge in [0.15, 0.2) is 12.1 Å². The molecule has 0 radical (unpaired) electrons. The number of ether oxygens (including phenoxy) is 4. The highest BCUT2D eigenvalue weighted by Gasteiger charge is 2.70. The van der Waals surface area contributed by atoms with Gasteiger partial charge in [0.25, 0.3) is 0 Å². The van der Waals surface area contributed by atoms with Crippen LogP contribution in [0.5, 0.6) is 0 Å². The average molecular weight is 581 g/mol. The summed E-state index contributed by atoms with van der Waals surface area (Å²) in [6.07, 6.45) is 2.93. The fourth-order valence-corrected chi connectivity index (χ4v) is 11.5. The van der Waals surface area contributed by atoms with E-state index in [1.807, 2.05) is 6.92 Å². The Balaban J connectivity index is 1.05. The van der Waals surface area contributed by atoms with Gasteiger partial charge in [0.05, 0.1) is 37.1 Å². The van der Waals surface area contributed by atoms with Crippen LogP contribution in [0.25, 0.3) is 0 Å². The zero-order valence-electron chi connectivity index (χ0n) is 25.2. The van der Waals surface area contributed by atoms with Crippen LogP contribution in [0.1, 0.15) is 85.5 Å². The molecule has 3 heterocycles. The molecule has 5 N–H and O–H groups in total. The van der Waals surface area contributed by atoms with E-state index >= 15 is 0 Å². The van der Waals surface area contributed by atoms with E-state index in [9.17, 15) is 25.5 Å². The Morgan fingerprint density at radius 3 is 2.37 bits per heavy atom. The van der Waals surface area contributed by atoms with Crippen LogP contribution in [0.2, 0.25) is 0 Å². The summed E-state index contributed by atoms with van der Waals surface area (Å²) in [7, 11) is 0. The fraction of sp³-hybridized carbons (Fsp3) is 1.00. The van der Waals surface area contributed by atoms with Crippen molar-refractivity contribution in [3.8, 4) is 0 Å². The van der Waals surface area contributed by atoms with Crippen molar-refractivity contribution in [2.24, 2.45) is 46.3 Å². The first-order valence-electron chi connectivity index (χ1n) is 16.3. The summed E-state index contributed by atoms with van der Waals surface area (Å²) in [5.74, 6) is 2.08. The normalized spacial score (nSPS) is 62.1. The largest absolute Gasteiger partial charge is 0.392 e. The van der Waals surface area contributed by atoms with E-state index in [4.69, 9.17) is 18.9 Å². The lowest BCUT2D eigenvalue weighted by atomic mass is 9.43. The molecule has 7 fully saturated rings. The number of rotatable bonds is 2. The molecule has 4 aliphatic carbocycles. The molecule has 234 valence electrons. The first-order chi connectivity index (χ1) is 19.3. The second-order valence-corrected chi connectivity index (χ2v) is 15.9. The molecule has 4 saturated carbocycles. The smallest absolute Gasteiger partial charge is 0.186 e. The minimum absolute atomic E-state index is 0.0817. The Labute approximate surface area is 243 Å². The van der Waals surface area contributed by atoms with Crippen LogP contribution in [0, 0.1) is 46.3 Å². The third kappa shape index (κ3) is 4.27. The minimum Gasteiger partial charge on any atom is -0.392 e. The van der Waals surface area contributed by atoms with Crippen molar-refractivity contribution in [1.82, 2.24) is 0 Å². The maximum absolute atomic E-state index is 11.7. The highest BCUT2D eigenvalue weighted by molar-refractivity contribution is 5.16. The number of aliphatic hydroxyl groups excluding tert-OH is 4. The first kappa shape index (κ1) is 29.4. The fourth-order valence-electron chi connectivity index (χ4n) is 11.5. The number of hydrogen-bond donors (Lipinski definition) is 5. The lowest BCUT2D eigenvalue weighted by Crippen LogP contribution is -2.61. The van der Waals surface area contributed by atoms with Crippen molar-refractivity contribution in [1.29, 1.82) is 0 Å². The van der Waals surface area contributed by atoms with Gasteiger partial charge in [-0.05, 0) is 92.3 Å². The molecule has 7 aliphatic rings. The van der Waals surface area contributed by atoms with Crippen LogP contribution in [0.15, 0.2) is 0 Å². The molecule has 0 bridgehead atoms. The Morgan fingerprint density at radius 2 is 1.63 bits per heavy atom. The molecule has 0 aromatic carbocycles. The van der Waals surface area contributed by atoms with Crippen LogP contribution < -0.4 is 0 Å². The topological polar surface area (TPSA) is 138 Å². The van der Waals surface area contributed by atoms with Crippen molar-refractivity contribution in [2.75, 3.05) is 13.2 Å². The lowest BCUT2D eigenvalue weighted by Gasteiger charge is -2.62. The molecule has 7 rings (SSSR count). The predicted molar refractivity (Wildman–Crippen MR) is 147 cm³/mol. The first-order valence-corrected chi connectivity index (χ1v) is 16.3. The van der Waals surface area contributed by atoms with Gasteiger partial charge < -0.3 is 44.5 Å². The van der Waals surface area contributed by atoms with Crippen molar-refractivity contribution in [3.63, 3.8) is 0 Å². The molecule has 0 amide bonds. The van der Waals surface area contributed by atoms with Gasteiger partial charge in [-0.2, -0.15) is 0 Å². The van der Waals surface area contributed by atoms with Gasteiger partial charge in [0.2, 0.25) is 0 Å². The second kappa shape index (κ2) is 9.82. The molecule has 0 aromatic heterocycles. The maximum Gasteiger partial charge on any atom is 0.186 e. The molecule has 0 aromatic rings. The molecular weight excluding hydrogens is 528 g/mol. The molecule has 41 heavy (non-hydrogen) atoms. The summed E-state index contributed by atoms with van der Waals surface area (Å²) in [4.78, 5) is 0. The molecular formula is C32H52O9. The van der Waals surface area contributed by atoms with Crippen LogP contribution >= 0.6 is 0 Å². The summed E-state index contributed by atoms with van der Waals surface area (Å²) < 4.78 is 24.8. The number of fused-ring (bicyclic) bond motifs is 7. The average Bonchev–Trinajstić information content (AvgIpc) is 3.37. The molecule has 3 saturated heterocycles. The summed E-state index contributed by atoms with van der Waals surface area (Å²) in [5, 5.41) is 52.5. The van der Waals surface area contributed by atoms with Crippen molar-refractivity contribution >= 4 is 0 Å².